The number of benzene rings is 2. The normalized spacial score (nSPS) is 17.3. The van der Waals surface area contributed by atoms with E-state index in [2.05, 4.69) is 57.4 Å². The van der Waals surface area contributed by atoms with E-state index in [1.54, 1.807) is 18.3 Å². The van der Waals surface area contributed by atoms with E-state index in [4.69, 9.17) is 17.0 Å². The molecule has 4 aromatic rings. The van der Waals surface area contributed by atoms with Crippen molar-refractivity contribution in [2.75, 3.05) is 23.0 Å². The number of pyridine rings is 1. The molecule has 0 bridgehead atoms. The van der Waals surface area contributed by atoms with Gasteiger partial charge in [0.15, 0.2) is 5.11 Å². The molecule has 10 heteroatoms. The number of sulfonamides is 1. The molecular weight excluding hydrogens is 530 g/mol. The highest BCUT2D eigenvalue weighted by Crippen LogP contribution is 2.46. The number of hydrogen-bond donors (Lipinski definition) is 2. The average Bonchev–Trinajstić information content (AvgIpc) is 3.36. The number of nitrogens with one attached hydrogen (secondary N) is 2. The van der Waals surface area contributed by atoms with Gasteiger partial charge < -0.3 is 19.5 Å². The highest BCUT2D eigenvalue weighted by atomic mass is 32.2. The van der Waals surface area contributed by atoms with Crippen LogP contribution in [0.5, 0.6) is 5.75 Å². The van der Waals surface area contributed by atoms with Crippen LogP contribution in [-0.2, 0) is 10.0 Å². The zero-order valence-corrected chi connectivity index (χ0v) is 24.1. The van der Waals surface area contributed by atoms with Crippen molar-refractivity contribution < 1.29 is 13.2 Å². The zero-order chi connectivity index (χ0) is 27.9. The summed E-state index contributed by atoms with van der Waals surface area (Å²) in [7, 11) is -1.97. The summed E-state index contributed by atoms with van der Waals surface area (Å²) in [6.45, 7) is 6.41. The van der Waals surface area contributed by atoms with E-state index < -0.39 is 10.0 Å². The Morgan fingerprint density at radius 2 is 1.69 bits per heavy atom. The number of rotatable bonds is 7. The highest BCUT2D eigenvalue weighted by Gasteiger charge is 2.43. The summed E-state index contributed by atoms with van der Waals surface area (Å²) >= 11 is 5.92. The Hall–Kier alpha value is -3.89. The van der Waals surface area contributed by atoms with Gasteiger partial charge in [-0.15, -0.1) is 0 Å². The number of para-hydroxylation sites is 1. The second-order valence-electron chi connectivity index (χ2n) is 9.64. The molecular formula is C29H31N5O3S2. The van der Waals surface area contributed by atoms with Gasteiger partial charge in [0.2, 0.25) is 10.0 Å². The van der Waals surface area contributed by atoms with Gasteiger partial charge in [0.05, 0.1) is 36.8 Å². The molecule has 3 heterocycles. The van der Waals surface area contributed by atoms with E-state index in [1.807, 2.05) is 42.5 Å². The highest BCUT2D eigenvalue weighted by molar-refractivity contribution is 7.92. The summed E-state index contributed by atoms with van der Waals surface area (Å²) in [5, 5.41) is 4.06. The molecule has 0 radical (unpaired) electrons. The van der Waals surface area contributed by atoms with Crippen LogP contribution >= 0.6 is 12.2 Å². The van der Waals surface area contributed by atoms with E-state index in [1.165, 1.54) is 12.7 Å². The van der Waals surface area contributed by atoms with Gasteiger partial charge in [-0.3, -0.25) is 9.71 Å². The predicted molar refractivity (Wildman–Crippen MR) is 159 cm³/mol. The number of ether oxygens (including phenoxy) is 1. The molecule has 5 rings (SSSR count). The van der Waals surface area contributed by atoms with Crippen molar-refractivity contribution in [3.05, 3.63) is 101 Å². The van der Waals surface area contributed by atoms with E-state index in [9.17, 15) is 8.42 Å². The molecule has 202 valence electrons. The fourth-order valence-electron chi connectivity index (χ4n) is 5.45. The maximum atomic E-state index is 11.9. The van der Waals surface area contributed by atoms with Crippen LogP contribution in [0.4, 0.5) is 11.4 Å². The molecule has 0 amide bonds. The van der Waals surface area contributed by atoms with E-state index in [-0.39, 0.29) is 12.1 Å². The molecule has 0 unspecified atom stereocenters. The van der Waals surface area contributed by atoms with Crippen LogP contribution in [0.15, 0.2) is 72.9 Å². The molecule has 1 aliphatic heterocycles. The third-order valence-electron chi connectivity index (χ3n) is 7.17. The molecule has 8 nitrogen and oxygen atoms in total. The lowest BCUT2D eigenvalue weighted by Crippen LogP contribution is -2.30. The second-order valence-corrected chi connectivity index (χ2v) is 11.8. The summed E-state index contributed by atoms with van der Waals surface area (Å²) in [5.74, 6) is 0.396. The summed E-state index contributed by atoms with van der Waals surface area (Å²) in [6.07, 6.45) is 2.90. The quantitative estimate of drug-likeness (QED) is 0.294. The Balaban J connectivity index is 1.70. The Morgan fingerprint density at radius 3 is 2.33 bits per heavy atom. The predicted octanol–water partition coefficient (Wildman–Crippen LogP) is 5.35. The lowest BCUT2D eigenvalue weighted by atomic mass is 9.93. The molecule has 39 heavy (non-hydrogen) atoms. The second kappa shape index (κ2) is 10.3. The van der Waals surface area contributed by atoms with Gasteiger partial charge in [-0.1, -0.05) is 24.3 Å². The van der Waals surface area contributed by atoms with Crippen molar-refractivity contribution in [3.63, 3.8) is 0 Å². The van der Waals surface area contributed by atoms with Crippen molar-refractivity contribution in [1.82, 2.24) is 14.9 Å². The summed E-state index contributed by atoms with van der Waals surface area (Å²) in [6, 6.07) is 21.1. The zero-order valence-electron chi connectivity index (χ0n) is 22.5. The SMILES string of the molecule is COc1cc(N2C(=S)N[C@H](c3ccccn3)[C@@H]2c2c(C)c(C)n(-c3ccccc3)c2C)ccc1NS(C)(=O)=O. The molecule has 0 aliphatic carbocycles. The number of aromatic nitrogens is 2. The Labute approximate surface area is 234 Å². The molecule has 1 aliphatic rings. The minimum absolute atomic E-state index is 0.220. The van der Waals surface area contributed by atoms with Crippen molar-refractivity contribution in [3.8, 4) is 11.4 Å². The van der Waals surface area contributed by atoms with E-state index in [0.29, 0.717) is 16.5 Å². The molecule has 2 atom stereocenters. The van der Waals surface area contributed by atoms with Crippen LogP contribution in [-0.4, -0.2) is 36.4 Å². The smallest absolute Gasteiger partial charge is 0.229 e. The van der Waals surface area contributed by atoms with Crippen LogP contribution in [0.3, 0.4) is 0 Å². The van der Waals surface area contributed by atoms with E-state index in [0.717, 1.165) is 40.3 Å². The number of methoxy groups -OCH3 is 1. The van der Waals surface area contributed by atoms with E-state index >= 15 is 0 Å². The van der Waals surface area contributed by atoms with Crippen LogP contribution in [0.25, 0.3) is 5.69 Å². The maximum Gasteiger partial charge on any atom is 0.229 e. The van der Waals surface area contributed by atoms with Gasteiger partial charge in [0, 0.05) is 40.6 Å². The summed E-state index contributed by atoms with van der Waals surface area (Å²) in [5.41, 5.74) is 7.68. The van der Waals surface area contributed by atoms with Crippen molar-refractivity contribution >= 4 is 38.7 Å². The first-order valence-electron chi connectivity index (χ1n) is 12.5. The fraction of sp³-hybridized carbons (Fsp3) is 0.241. The van der Waals surface area contributed by atoms with Crippen LogP contribution in [0.1, 0.15) is 40.3 Å². The lowest BCUT2D eigenvalue weighted by Gasteiger charge is -2.29. The lowest BCUT2D eigenvalue weighted by molar-refractivity contribution is 0.417. The minimum Gasteiger partial charge on any atom is -0.494 e. The van der Waals surface area contributed by atoms with Crippen molar-refractivity contribution in [2.45, 2.75) is 32.9 Å². The van der Waals surface area contributed by atoms with Gasteiger partial charge in [-0.25, -0.2) is 8.42 Å². The first kappa shape index (κ1) is 26.7. The van der Waals surface area contributed by atoms with Gasteiger partial charge in [-0.05, 0) is 75.0 Å². The molecule has 1 saturated heterocycles. The molecule has 0 spiro atoms. The molecule has 0 saturated carbocycles. The standard InChI is InChI=1S/C29H31N5O3S2/c1-18-19(2)33(21-11-7-6-8-12-21)20(3)26(18)28-27(24-13-9-10-16-30-24)31-29(38)34(28)22-14-15-23(25(17-22)37-4)32-39(5,35)36/h6-17,27-28,32H,1-5H3,(H,31,38)/t27-,28+/m1/s1. The van der Waals surface area contributed by atoms with Crippen LogP contribution in [0.2, 0.25) is 0 Å². The third-order valence-corrected chi connectivity index (χ3v) is 8.08. The monoisotopic (exact) mass is 561 g/mol. The maximum absolute atomic E-state index is 11.9. The van der Waals surface area contributed by atoms with Gasteiger partial charge >= 0.3 is 0 Å². The van der Waals surface area contributed by atoms with Gasteiger partial charge in [0.1, 0.15) is 5.75 Å². The molecule has 2 aromatic carbocycles. The van der Waals surface area contributed by atoms with Crippen LogP contribution in [0, 0.1) is 20.8 Å². The minimum atomic E-state index is -3.48. The first-order chi connectivity index (χ1) is 18.6. The van der Waals surface area contributed by atoms with Gasteiger partial charge in [0.25, 0.3) is 0 Å². The third kappa shape index (κ3) is 4.97. The number of nitrogens with zero attached hydrogens (tertiary/aromatic N) is 3. The largest absolute Gasteiger partial charge is 0.494 e. The molecule has 2 aromatic heterocycles. The van der Waals surface area contributed by atoms with Gasteiger partial charge in [-0.2, -0.15) is 0 Å². The Bertz CT molecular complexity index is 1640. The average molecular weight is 562 g/mol. The fourth-order valence-corrected chi connectivity index (χ4v) is 6.36. The molecule has 2 N–H and O–H groups in total. The molecule has 1 fully saturated rings. The number of hydrogen-bond acceptors (Lipinski definition) is 5. The summed E-state index contributed by atoms with van der Waals surface area (Å²) < 4.78 is 34.2. The number of thiocarbonyl (C=S) groups is 1. The summed E-state index contributed by atoms with van der Waals surface area (Å²) in [4.78, 5) is 6.75. The van der Waals surface area contributed by atoms with Crippen molar-refractivity contribution in [1.29, 1.82) is 0 Å². The van der Waals surface area contributed by atoms with Crippen molar-refractivity contribution in [2.24, 2.45) is 0 Å². The van der Waals surface area contributed by atoms with Crippen LogP contribution < -0.4 is 19.7 Å². The Morgan fingerprint density at radius 1 is 0.974 bits per heavy atom. The first-order valence-corrected chi connectivity index (χ1v) is 14.8. The topological polar surface area (TPSA) is 88.5 Å². The number of anilines is 2. The Kier molecular flexibility index (Phi) is 7.09.